The zero-order valence-electron chi connectivity index (χ0n) is 14.6. The van der Waals surface area contributed by atoms with E-state index >= 15 is 0 Å². The summed E-state index contributed by atoms with van der Waals surface area (Å²) in [4.78, 5) is 12.5. The number of amides is 1. The minimum absolute atomic E-state index is 0.127. The topological polar surface area (TPSA) is 47.6 Å². The van der Waals surface area contributed by atoms with Crippen LogP contribution in [0, 0.1) is 0 Å². The van der Waals surface area contributed by atoms with Gasteiger partial charge in [0.1, 0.15) is 11.5 Å². The van der Waals surface area contributed by atoms with Crippen molar-refractivity contribution in [1.29, 1.82) is 0 Å². The van der Waals surface area contributed by atoms with Crippen LogP contribution in [0.4, 0.5) is 0 Å². The van der Waals surface area contributed by atoms with Gasteiger partial charge in [0, 0.05) is 24.8 Å². The van der Waals surface area contributed by atoms with Gasteiger partial charge < -0.3 is 14.8 Å². The number of para-hydroxylation sites is 2. The third kappa shape index (κ3) is 4.71. The van der Waals surface area contributed by atoms with Crippen molar-refractivity contribution >= 4 is 5.91 Å². The number of nitrogens with one attached hydrogen (secondary N) is 1. The number of hydrogen-bond donors (Lipinski definition) is 1. The van der Waals surface area contributed by atoms with Crippen molar-refractivity contribution in [3.63, 3.8) is 0 Å². The number of carbonyl (C=O) groups excluding carboxylic acids is 1. The first-order valence-electron chi connectivity index (χ1n) is 8.43. The van der Waals surface area contributed by atoms with Crippen LogP contribution in [0.3, 0.4) is 0 Å². The maximum atomic E-state index is 12.5. The van der Waals surface area contributed by atoms with E-state index in [4.69, 9.17) is 9.47 Å². The van der Waals surface area contributed by atoms with E-state index in [1.807, 2.05) is 72.8 Å². The van der Waals surface area contributed by atoms with Crippen molar-refractivity contribution in [2.24, 2.45) is 0 Å². The Morgan fingerprint density at radius 3 is 2.50 bits per heavy atom. The highest BCUT2D eigenvalue weighted by Crippen LogP contribution is 2.25. The van der Waals surface area contributed by atoms with Gasteiger partial charge in [0.2, 0.25) is 0 Å². The molecule has 0 spiro atoms. The monoisotopic (exact) mass is 347 g/mol. The van der Waals surface area contributed by atoms with Gasteiger partial charge in [-0.15, -0.1) is 0 Å². The first-order chi connectivity index (χ1) is 12.8. The van der Waals surface area contributed by atoms with Crippen LogP contribution >= 0.6 is 0 Å². The molecule has 0 saturated heterocycles. The number of carbonyl (C=O) groups is 1. The van der Waals surface area contributed by atoms with E-state index < -0.39 is 0 Å². The lowest BCUT2D eigenvalue weighted by Crippen LogP contribution is -2.23. The van der Waals surface area contributed by atoms with Gasteiger partial charge in [0.15, 0.2) is 0 Å². The van der Waals surface area contributed by atoms with Crippen LogP contribution in [-0.2, 0) is 17.9 Å². The Bertz CT molecular complexity index is 862. The third-order valence-corrected chi connectivity index (χ3v) is 3.88. The van der Waals surface area contributed by atoms with Gasteiger partial charge in [-0.05, 0) is 35.9 Å². The summed E-state index contributed by atoms with van der Waals surface area (Å²) in [7, 11) is 1.64. The maximum absolute atomic E-state index is 12.5. The fourth-order valence-corrected chi connectivity index (χ4v) is 2.61. The molecule has 0 saturated carbocycles. The summed E-state index contributed by atoms with van der Waals surface area (Å²) in [6.07, 6.45) is 0. The lowest BCUT2D eigenvalue weighted by Gasteiger charge is -2.12. The Labute approximate surface area is 153 Å². The standard InChI is InChI=1S/C22H21NO3/c1-25-16-17-8-7-10-18(14-17)22(24)23-15-19-9-5-6-13-21(19)26-20-11-3-2-4-12-20/h2-14H,15-16H2,1H3,(H,23,24). The van der Waals surface area contributed by atoms with Crippen LogP contribution in [0.5, 0.6) is 11.5 Å². The lowest BCUT2D eigenvalue weighted by atomic mass is 10.1. The summed E-state index contributed by atoms with van der Waals surface area (Å²) in [5.74, 6) is 1.36. The zero-order chi connectivity index (χ0) is 18.2. The molecule has 0 aromatic heterocycles. The molecular formula is C22H21NO3. The van der Waals surface area contributed by atoms with Crippen LogP contribution in [0.25, 0.3) is 0 Å². The SMILES string of the molecule is COCc1cccc(C(=O)NCc2ccccc2Oc2ccccc2)c1. The third-order valence-electron chi connectivity index (χ3n) is 3.88. The molecule has 3 rings (SSSR count). The quantitative estimate of drug-likeness (QED) is 0.682. The molecule has 4 heteroatoms. The van der Waals surface area contributed by atoms with Crippen molar-refractivity contribution in [3.8, 4) is 11.5 Å². The molecule has 3 aromatic carbocycles. The van der Waals surface area contributed by atoms with Crippen LogP contribution in [0.15, 0.2) is 78.9 Å². The molecule has 0 radical (unpaired) electrons. The van der Waals surface area contributed by atoms with Gasteiger partial charge in [0.25, 0.3) is 5.91 Å². The van der Waals surface area contributed by atoms with Crippen molar-refractivity contribution in [1.82, 2.24) is 5.32 Å². The van der Waals surface area contributed by atoms with E-state index in [1.165, 1.54) is 0 Å². The molecule has 0 aliphatic heterocycles. The van der Waals surface area contributed by atoms with Gasteiger partial charge in [-0.3, -0.25) is 4.79 Å². The van der Waals surface area contributed by atoms with Gasteiger partial charge in [-0.2, -0.15) is 0 Å². The number of methoxy groups -OCH3 is 1. The highest BCUT2D eigenvalue weighted by atomic mass is 16.5. The Morgan fingerprint density at radius 2 is 1.69 bits per heavy atom. The second-order valence-electron chi connectivity index (χ2n) is 5.84. The second kappa shape index (κ2) is 8.83. The molecule has 3 aromatic rings. The van der Waals surface area contributed by atoms with Crippen molar-refractivity contribution in [2.75, 3.05) is 7.11 Å². The first-order valence-corrected chi connectivity index (χ1v) is 8.43. The van der Waals surface area contributed by atoms with Crippen LogP contribution in [0.2, 0.25) is 0 Å². The van der Waals surface area contributed by atoms with E-state index in [-0.39, 0.29) is 5.91 Å². The molecule has 132 valence electrons. The predicted octanol–water partition coefficient (Wildman–Crippen LogP) is 4.56. The first kappa shape index (κ1) is 17.7. The molecule has 0 atom stereocenters. The lowest BCUT2D eigenvalue weighted by molar-refractivity contribution is 0.0950. The largest absolute Gasteiger partial charge is 0.457 e. The molecule has 26 heavy (non-hydrogen) atoms. The molecule has 1 N–H and O–H groups in total. The van der Waals surface area contributed by atoms with E-state index in [1.54, 1.807) is 13.2 Å². The van der Waals surface area contributed by atoms with Gasteiger partial charge >= 0.3 is 0 Å². The highest BCUT2D eigenvalue weighted by molar-refractivity contribution is 5.94. The van der Waals surface area contributed by atoms with Crippen molar-refractivity contribution in [2.45, 2.75) is 13.2 Å². The Morgan fingerprint density at radius 1 is 0.923 bits per heavy atom. The Kier molecular flexibility index (Phi) is 6.01. The molecule has 0 heterocycles. The average Bonchev–Trinajstić information content (AvgIpc) is 2.68. The fourth-order valence-electron chi connectivity index (χ4n) is 2.61. The second-order valence-corrected chi connectivity index (χ2v) is 5.84. The van der Waals surface area contributed by atoms with Crippen LogP contribution in [-0.4, -0.2) is 13.0 Å². The van der Waals surface area contributed by atoms with E-state index in [0.717, 1.165) is 22.6 Å². The van der Waals surface area contributed by atoms with E-state index in [2.05, 4.69) is 5.32 Å². The van der Waals surface area contributed by atoms with Gasteiger partial charge in [-0.1, -0.05) is 48.5 Å². The molecule has 4 nitrogen and oxygen atoms in total. The Balaban J connectivity index is 1.68. The maximum Gasteiger partial charge on any atom is 0.251 e. The van der Waals surface area contributed by atoms with Gasteiger partial charge in [-0.25, -0.2) is 0 Å². The van der Waals surface area contributed by atoms with Crippen LogP contribution < -0.4 is 10.1 Å². The van der Waals surface area contributed by atoms with E-state index in [0.29, 0.717) is 18.7 Å². The minimum atomic E-state index is -0.127. The summed E-state index contributed by atoms with van der Waals surface area (Å²) >= 11 is 0. The minimum Gasteiger partial charge on any atom is -0.457 e. The molecule has 0 unspecified atom stereocenters. The predicted molar refractivity (Wildman–Crippen MR) is 101 cm³/mol. The number of ether oxygens (including phenoxy) is 2. The zero-order valence-corrected chi connectivity index (χ0v) is 14.6. The average molecular weight is 347 g/mol. The summed E-state index contributed by atoms with van der Waals surface area (Å²) in [6, 6.07) is 24.7. The number of rotatable bonds is 7. The number of benzene rings is 3. The molecule has 0 bridgehead atoms. The smallest absolute Gasteiger partial charge is 0.251 e. The summed E-state index contributed by atoms with van der Waals surface area (Å²) < 4.78 is 11.0. The summed E-state index contributed by atoms with van der Waals surface area (Å²) in [6.45, 7) is 0.866. The van der Waals surface area contributed by atoms with Crippen molar-refractivity contribution < 1.29 is 14.3 Å². The Hall–Kier alpha value is -3.11. The molecular weight excluding hydrogens is 326 g/mol. The van der Waals surface area contributed by atoms with Crippen molar-refractivity contribution in [3.05, 3.63) is 95.6 Å². The van der Waals surface area contributed by atoms with Crippen LogP contribution in [0.1, 0.15) is 21.5 Å². The fraction of sp³-hybridized carbons (Fsp3) is 0.136. The summed E-state index contributed by atoms with van der Waals surface area (Å²) in [5, 5.41) is 2.95. The highest BCUT2D eigenvalue weighted by Gasteiger charge is 2.09. The van der Waals surface area contributed by atoms with E-state index in [9.17, 15) is 4.79 Å². The molecule has 1 amide bonds. The summed E-state index contributed by atoms with van der Waals surface area (Å²) in [5.41, 5.74) is 2.49. The molecule has 0 aliphatic carbocycles. The van der Waals surface area contributed by atoms with Gasteiger partial charge in [0.05, 0.1) is 6.61 Å². The molecule has 0 aliphatic rings. The number of hydrogen-bond acceptors (Lipinski definition) is 3. The molecule has 0 fully saturated rings. The normalized spacial score (nSPS) is 10.3.